The first-order valence-electron chi connectivity index (χ1n) is 6.08. The number of nitrogens with zero attached hydrogens (tertiary/aromatic N) is 1. The zero-order chi connectivity index (χ0) is 10.7. The lowest BCUT2D eigenvalue weighted by Crippen LogP contribution is -2.44. The van der Waals surface area contributed by atoms with Crippen molar-refractivity contribution in [2.24, 2.45) is 5.92 Å². The third-order valence-electron chi connectivity index (χ3n) is 3.59. The van der Waals surface area contributed by atoms with Gasteiger partial charge in [-0.3, -0.25) is 4.79 Å². The molecule has 2 aliphatic rings. The van der Waals surface area contributed by atoms with E-state index in [1.165, 1.54) is 25.7 Å². The van der Waals surface area contributed by atoms with Crippen molar-refractivity contribution in [2.75, 3.05) is 26.7 Å². The van der Waals surface area contributed by atoms with Crippen LogP contribution in [0.15, 0.2) is 0 Å². The molecular weight excluding hydrogens is 190 g/mol. The van der Waals surface area contributed by atoms with Gasteiger partial charge >= 0.3 is 0 Å². The molecule has 0 aromatic carbocycles. The Balaban J connectivity index is 1.78. The topological polar surface area (TPSA) is 29.5 Å². The minimum absolute atomic E-state index is 0.149. The molecule has 1 unspecified atom stereocenters. The summed E-state index contributed by atoms with van der Waals surface area (Å²) >= 11 is 0. The third-order valence-corrected chi connectivity index (χ3v) is 3.59. The molecule has 0 bridgehead atoms. The van der Waals surface area contributed by atoms with Crippen molar-refractivity contribution in [1.29, 1.82) is 0 Å². The summed E-state index contributed by atoms with van der Waals surface area (Å²) in [5.41, 5.74) is 0. The van der Waals surface area contributed by atoms with E-state index in [0.717, 1.165) is 19.5 Å². The molecule has 1 aliphatic heterocycles. The van der Waals surface area contributed by atoms with Crippen LogP contribution < -0.4 is 0 Å². The van der Waals surface area contributed by atoms with Crippen LogP contribution in [0, 0.1) is 5.92 Å². The van der Waals surface area contributed by atoms with Crippen LogP contribution in [-0.2, 0) is 9.53 Å². The van der Waals surface area contributed by atoms with Gasteiger partial charge in [-0.1, -0.05) is 25.7 Å². The minimum Gasteiger partial charge on any atom is -0.368 e. The van der Waals surface area contributed by atoms with E-state index in [4.69, 9.17) is 4.74 Å². The first-order valence-corrected chi connectivity index (χ1v) is 6.08. The molecule has 1 saturated carbocycles. The van der Waals surface area contributed by atoms with E-state index in [0.29, 0.717) is 18.3 Å². The van der Waals surface area contributed by atoms with Crippen LogP contribution >= 0.6 is 0 Å². The van der Waals surface area contributed by atoms with Crippen molar-refractivity contribution < 1.29 is 9.53 Å². The number of hydrogen-bond donors (Lipinski definition) is 0. The molecular formula is C12H21NO2. The Morgan fingerprint density at radius 3 is 2.80 bits per heavy atom. The lowest BCUT2D eigenvalue weighted by atomic mass is 9.98. The van der Waals surface area contributed by atoms with Gasteiger partial charge in [0, 0.05) is 19.5 Å². The molecule has 1 aliphatic carbocycles. The average molecular weight is 211 g/mol. The molecule has 2 rings (SSSR count). The molecule has 15 heavy (non-hydrogen) atoms. The highest BCUT2D eigenvalue weighted by atomic mass is 16.5. The quantitative estimate of drug-likeness (QED) is 0.708. The van der Waals surface area contributed by atoms with Crippen LogP contribution in [-0.4, -0.2) is 43.5 Å². The van der Waals surface area contributed by atoms with Crippen LogP contribution in [0.2, 0.25) is 0 Å². The Hall–Kier alpha value is -0.410. The first-order chi connectivity index (χ1) is 7.25. The smallest absolute Gasteiger partial charge is 0.163 e. The van der Waals surface area contributed by atoms with Crippen LogP contribution in [0.3, 0.4) is 0 Å². The molecule has 0 aromatic rings. The first kappa shape index (κ1) is 11.1. The summed E-state index contributed by atoms with van der Waals surface area (Å²) in [5.74, 6) is 0.974. The molecule has 0 radical (unpaired) electrons. The highest BCUT2D eigenvalue weighted by Gasteiger charge is 2.27. The SMILES string of the molecule is CN1CCOC(C(=O)CC2CCCC2)C1. The second-order valence-corrected chi connectivity index (χ2v) is 4.94. The lowest BCUT2D eigenvalue weighted by Gasteiger charge is -2.29. The van der Waals surface area contributed by atoms with Crippen molar-refractivity contribution in [1.82, 2.24) is 4.90 Å². The van der Waals surface area contributed by atoms with Crippen molar-refractivity contribution in [3.63, 3.8) is 0 Å². The van der Waals surface area contributed by atoms with Crippen molar-refractivity contribution in [2.45, 2.75) is 38.2 Å². The predicted octanol–water partition coefficient (Wildman–Crippen LogP) is 1.47. The lowest BCUT2D eigenvalue weighted by molar-refractivity contribution is -0.136. The monoisotopic (exact) mass is 211 g/mol. The van der Waals surface area contributed by atoms with Crippen LogP contribution in [0.25, 0.3) is 0 Å². The predicted molar refractivity (Wildman–Crippen MR) is 58.8 cm³/mol. The molecule has 0 amide bonds. The summed E-state index contributed by atoms with van der Waals surface area (Å²) in [4.78, 5) is 14.1. The van der Waals surface area contributed by atoms with Crippen LogP contribution in [0.1, 0.15) is 32.1 Å². The second-order valence-electron chi connectivity index (χ2n) is 4.94. The Labute approximate surface area is 91.8 Å². The molecule has 86 valence electrons. The normalized spacial score (nSPS) is 29.5. The fourth-order valence-corrected chi connectivity index (χ4v) is 2.60. The number of ether oxygens (including phenoxy) is 1. The van der Waals surface area contributed by atoms with Crippen molar-refractivity contribution >= 4 is 5.78 Å². The average Bonchev–Trinajstić information content (AvgIpc) is 2.70. The minimum atomic E-state index is -0.149. The van der Waals surface area contributed by atoms with Gasteiger partial charge in [0.15, 0.2) is 5.78 Å². The summed E-state index contributed by atoms with van der Waals surface area (Å²) in [6.07, 6.45) is 5.71. The van der Waals surface area contributed by atoms with E-state index in [9.17, 15) is 4.79 Å². The van der Waals surface area contributed by atoms with Gasteiger partial charge in [-0.2, -0.15) is 0 Å². The number of carbonyl (C=O) groups excluding carboxylic acids is 1. The van der Waals surface area contributed by atoms with E-state index in [1.807, 2.05) is 0 Å². The number of ketones is 1. The standard InChI is InChI=1S/C12H21NO2/c1-13-6-7-15-12(9-13)11(14)8-10-4-2-3-5-10/h10,12H,2-9H2,1H3. The van der Waals surface area contributed by atoms with Gasteiger partial charge in [0.1, 0.15) is 6.10 Å². The molecule has 2 fully saturated rings. The number of morpholine rings is 1. The fourth-order valence-electron chi connectivity index (χ4n) is 2.60. The van der Waals surface area contributed by atoms with Gasteiger partial charge in [0.2, 0.25) is 0 Å². The van der Waals surface area contributed by atoms with E-state index in [1.54, 1.807) is 0 Å². The number of likely N-dealkylation sites (N-methyl/N-ethyl adjacent to an activating group) is 1. The summed E-state index contributed by atoms with van der Waals surface area (Å²) in [5, 5.41) is 0. The Kier molecular flexibility index (Phi) is 3.76. The maximum Gasteiger partial charge on any atom is 0.163 e. The van der Waals surface area contributed by atoms with E-state index >= 15 is 0 Å². The summed E-state index contributed by atoms with van der Waals surface area (Å²) < 4.78 is 5.53. The zero-order valence-electron chi connectivity index (χ0n) is 9.58. The van der Waals surface area contributed by atoms with Crippen LogP contribution in [0.4, 0.5) is 0 Å². The molecule has 1 atom stereocenters. The van der Waals surface area contributed by atoms with Gasteiger partial charge < -0.3 is 9.64 Å². The fraction of sp³-hybridized carbons (Fsp3) is 0.917. The van der Waals surface area contributed by atoms with Gasteiger partial charge in [-0.05, 0) is 13.0 Å². The molecule has 0 aromatic heterocycles. The number of hydrogen-bond acceptors (Lipinski definition) is 3. The second kappa shape index (κ2) is 5.08. The highest BCUT2D eigenvalue weighted by Crippen LogP contribution is 2.28. The van der Waals surface area contributed by atoms with Crippen LogP contribution in [0.5, 0.6) is 0 Å². The Morgan fingerprint density at radius 1 is 1.40 bits per heavy atom. The maximum atomic E-state index is 11.9. The molecule has 1 saturated heterocycles. The van der Waals surface area contributed by atoms with Gasteiger partial charge in [-0.25, -0.2) is 0 Å². The Bertz CT molecular complexity index is 224. The van der Waals surface area contributed by atoms with E-state index < -0.39 is 0 Å². The van der Waals surface area contributed by atoms with E-state index in [2.05, 4.69) is 11.9 Å². The molecule has 3 nitrogen and oxygen atoms in total. The number of rotatable bonds is 3. The molecule has 0 N–H and O–H groups in total. The molecule has 3 heteroatoms. The van der Waals surface area contributed by atoms with Gasteiger partial charge in [0.25, 0.3) is 0 Å². The summed E-state index contributed by atoms with van der Waals surface area (Å²) in [7, 11) is 2.05. The third kappa shape index (κ3) is 3.02. The number of carbonyl (C=O) groups is 1. The van der Waals surface area contributed by atoms with Crippen molar-refractivity contribution in [3.05, 3.63) is 0 Å². The largest absolute Gasteiger partial charge is 0.368 e. The number of Topliss-reactive ketones (excluding diaryl/α,β-unsaturated/α-hetero) is 1. The van der Waals surface area contributed by atoms with E-state index in [-0.39, 0.29) is 6.10 Å². The van der Waals surface area contributed by atoms with Gasteiger partial charge in [0.05, 0.1) is 6.61 Å². The van der Waals surface area contributed by atoms with Gasteiger partial charge in [-0.15, -0.1) is 0 Å². The molecule has 1 heterocycles. The van der Waals surface area contributed by atoms with Crippen molar-refractivity contribution in [3.8, 4) is 0 Å². The zero-order valence-corrected chi connectivity index (χ0v) is 9.58. The highest BCUT2D eigenvalue weighted by molar-refractivity contribution is 5.83. The summed E-state index contributed by atoms with van der Waals surface area (Å²) in [6, 6.07) is 0. The molecule has 0 spiro atoms. The summed E-state index contributed by atoms with van der Waals surface area (Å²) in [6.45, 7) is 2.44. The maximum absolute atomic E-state index is 11.9. The Morgan fingerprint density at radius 2 is 2.13 bits per heavy atom.